The highest BCUT2D eigenvalue weighted by atomic mass is 32.2. The van der Waals surface area contributed by atoms with Gasteiger partial charge in [-0.15, -0.1) is 6.42 Å². The minimum atomic E-state index is -3.29. The van der Waals surface area contributed by atoms with E-state index in [1.165, 1.54) is 6.92 Å². The Labute approximate surface area is 67.2 Å². The molecule has 4 nitrogen and oxygen atoms in total. The van der Waals surface area contributed by atoms with Crippen LogP contribution >= 0.6 is 0 Å². The van der Waals surface area contributed by atoms with E-state index in [1.54, 1.807) is 0 Å². The van der Waals surface area contributed by atoms with Crippen LogP contribution < -0.4 is 10.5 Å². The molecule has 0 amide bonds. The van der Waals surface area contributed by atoms with Crippen LogP contribution in [0, 0.1) is 12.3 Å². The number of nitrogens with one attached hydrogen (secondary N) is 1. The topological polar surface area (TPSA) is 72.2 Å². The molecule has 1 atom stereocenters. The summed E-state index contributed by atoms with van der Waals surface area (Å²) in [4.78, 5) is 0. The third-order valence-corrected chi connectivity index (χ3v) is 3.04. The summed E-state index contributed by atoms with van der Waals surface area (Å²) in [5.74, 6) is 2.17. The summed E-state index contributed by atoms with van der Waals surface area (Å²) in [5.41, 5.74) is 5.16. The first-order valence-corrected chi connectivity index (χ1v) is 4.71. The minimum absolute atomic E-state index is 0.0205. The summed E-state index contributed by atoms with van der Waals surface area (Å²) >= 11 is 0. The van der Waals surface area contributed by atoms with Crippen LogP contribution in [0.15, 0.2) is 0 Å². The second-order valence-corrected chi connectivity index (χ2v) is 4.30. The van der Waals surface area contributed by atoms with Gasteiger partial charge in [0, 0.05) is 6.54 Å². The van der Waals surface area contributed by atoms with E-state index in [1.807, 2.05) is 0 Å². The standard InChI is InChI=1S/C6H12N2O2S/c1-3-4-8-11(9,10)6(2)5-7/h1,6,8H,4-5,7H2,2H3. The van der Waals surface area contributed by atoms with Gasteiger partial charge in [0.1, 0.15) is 0 Å². The molecule has 0 aliphatic heterocycles. The molecule has 0 spiro atoms. The number of terminal acetylenes is 1. The van der Waals surface area contributed by atoms with E-state index in [4.69, 9.17) is 12.2 Å². The highest BCUT2D eigenvalue weighted by Crippen LogP contribution is 1.93. The average Bonchev–Trinajstić information content (AvgIpc) is 1.99. The average molecular weight is 176 g/mol. The van der Waals surface area contributed by atoms with Crippen molar-refractivity contribution in [3.63, 3.8) is 0 Å². The first-order valence-electron chi connectivity index (χ1n) is 3.16. The summed E-state index contributed by atoms with van der Waals surface area (Å²) in [5, 5.41) is -0.587. The van der Waals surface area contributed by atoms with Gasteiger partial charge in [0.05, 0.1) is 11.8 Å². The van der Waals surface area contributed by atoms with Crippen LogP contribution in [-0.4, -0.2) is 26.8 Å². The van der Waals surface area contributed by atoms with Crippen molar-refractivity contribution in [2.45, 2.75) is 12.2 Å². The zero-order valence-electron chi connectivity index (χ0n) is 6.37. The van der Waals surface area contributed by atoms with Crippen molar-refractivity contribution < 1.29 is 8.42 Å². The van der Waals surface area contributed by atoms with Crippen molar-refractivity contribution in [3.05, 3.63) is 0 Å². The van der Waals surface area contributed by atoms with Gasteiger partial charge in [-0.3, -0.25) is 0 Å². The molecular weight excluding hydrogens is 164 g/mol. The van der Waals surface area contributed by atoms with Crippen molar-refractivity contribution in [2.75, 3.05) is 13.1 Å². The first-order chi connectivity index (χ1) is 5.04. The van der Waals surface area contributed by atoms with Gasteiger partial charge in [-0.05, 0) is 6.92 Å². The molecule has 11 heavy (non-hydrogen) atoms. The van der Waals surface area contributed by atoms with Gasteiger partial charge in [0.25, 0.3) is 0 Å². The Bertz CT molecular complexity index is 240. The second kappa shape index (κ2) is 4.34. The first kappa shape index (κ1) is 10.4. The fourth-order valence-electron chi connectivity index (χ4n) is 0.411. The molecular formula is C6H12N2O2S. The molecule has 0 aromatic rings. The van der Waals surface area contributed by atoms with Crippen molar-refractivity contribution in [3.8, 4) is 12.3 Å². The van der Waals surface area contributed by atoms with Gasteiger partial charge in [0.2, 0.25) is 10.0 Å². The van der Waals surface area contributed by atoms with Crippen LogP contribution in [0.4, 0.5) is 0 Å². The van der Waals surface area contributed by atoms with Crippen molar-refractivity contribution >= 4 is 10.0 Å². The van der Waals surface area contributed by atoms with Crippen LogP contribution in [0.1, 0.15) is 6.92 Å². The molecule has 0 aromatic heterocycles. The summed E-state index contributed by atoms with van der Waals surface area (Å²) in [6.45, 7) is 1.64. The van der Waals surface area contributed by atoms with E-state index in [0.29, 0.717) is 0 Å². The SMILES string of the molecule is C#CCNS(=O)(=O)C(C)CN. The van der Waals surface area contributed by atoms with Crippen molar-refractivity contribution in [2.24, 2.45) is 5.73 Å². The number of hydrogen-bond donors (Lipinski definition) is 2. The third kappa shape index (κ3) is 3.37. The Morgan fingerprint density at radius 1 is 1.73 bits per heavy atom. The predicted molar refractivity (Wildman–Crippen MR) is 44.3 cm³/mol. The maximum Gasteiger partial charge on any atom is 0.216 e. The maximum atomic E-state index is 11.0. The molecule has 64 valence electrons. The molecule has 0 rings (SSSR count). The maximum absolute atomic E-state index is 11.0. The molecule has 0 saturated carbocycles. The number of sulfonamides is 1. The van der Waals surface area contributed by atoms with Crippen LogP contribution in [0.25, 0.3) is 0 Å². The van der Waals surface area contributed by atoms with Crippen LogP contribution in [0.3, 0.4) is 0 Å². The molecule has 0 aliphatic rings. The number of hydrogen-bond acceptors (Lipinski definition) is 3. The Balaban J connectivity index is 4.14. The predicted octanol–water partition coefficient (Wildman–Crippen LogP) is -1.11. The van der Waals surface area contributed by atoms with Gasteiger partial charge < -0.3 is 5.73 Å². The zero-order valence-corrected chi connectivity index (χ0v) is 7.19. The molecule has 0 aromatic carbocycles. The highest BCUT2D eigenvalue weighted by Gasteiger charge is 2.17. The molecule has 0 bridgehead atoms. The lowest BCUT2D eigenvalue weighted by Crippen LogP contribution is -2.37. The minimum Gasteiger partial charge on any atom is -0.329 e. The summed E-state index contributed by atoms with van der Waals surface area (Å²) in [6, 6.07) is 0. The quantitative estimate of drug-likeness (QED) is 0.533. The van der Waals surface area contributed by atoms with E-state index in [9.17, 15) is 8.42 Å². The molecule has 0 radical (unpaired) electrons. The van der Waals surface area contributed by atoms with Gasteiger partial charge >= 0.3 is 0 Å². The summed E-state index contributed by atoms with van der Waals surface area (Å²) in [6.07, 6.45) is 4.87. The lowest BCUT2D eigenvalue weighted by molar-refractivity contribution is 0.573. The van der Waals surface area contributed by atoms with Crippen LogP contribution in [-0.2, 0) is 10.0 Å². The Kier molecular flexibility index (Phi) is 4.11. The van der Waals surface area contributed by atoms with Gasteiger partial charge in [-0.25, -0.2) is 13.1 Å². The van der Waals surface area contributed by atoms with E-state index in [0.717, 1.165) is 0 Å². The summed E-state index contributed by atoms with van der Waals surface area (Å²) < 4.78 is 24.3. The fraction of sp³-hybridized carbons (Fsp3) is 0.667. The second-order valence-electron chi connectivity index (χ2n) is 2.12. The lowest BCUT2D eigenvalue weighted by Gasteiger charge is -2.08. The molecule has 3 N–H and O–H groups in total. The Morgan fingerprint density at radius 2 is 2.27 bits per heavy atom. The Hall–Kier alpha value is -0.570. The van der Waals surface area contributed by atoms with E-state index in [-0.39, 0.29) is 13.1 Å². The molecule has 0 aliphatic carbocycles. The van der Waals surface area contributed by atoms with Gasteiger partial charge in [0.15, 0.2) is 0 Å². The van der Waals surface area contributed by atoms with E-state index >= 15 is 0 Å². The molecule has 0 heterocycles. The fourth-order valence-corrected chi connectivity index (χ4v) is 1.23. The van der Waals surface area contributed by atoms with Gasteiger partial charge in [-0.2, -0.15) is 0 Å². The Morgan fingerprint density at radius 3 is 2.64 bits per heavy atom. The van der Waals surface area contributed by atoms with Crippen molar-refractivity contribution in [1.82, 2.24) is 4.72 Å². The van der Waals surface area contributed by atoms with E-state index < -0.39 is 15.3 Å². The van der Waals surface area contributed by atoms with Crippen LogP contribution in [0.2, 0.25) is 0 Å². The van der Waals surface area contributed by atoms with Gasteiger partial charge in [-0.1, -0.05) is 5.92 Å². The molecule has 1 unspecified atom stereocenters. The normalized spacial score (nSPS) is 13.9. The summed E-state index contributed by atoms with van der Waals surface area (Å²) in [7, 11) is -3.29. The smallest absolute Gasteiger partial charge is 0.216 e. The molecule has 0 saturated heterocycles. The van der Waals surface area contributed by atoms with Crippen molar-refractivity contribution in [1.29, 1.82) is 0 Å². The highest BCUT2D eigenvalue weighted by molar-refractivity contribution is 7.90. The lowest BCUT2D eigenvalue weighted by atomic mass is 10.5. The zero-order chi connectivity index (χ0) is 8.91. The number of rotatable bonds is 4. The van der Waals surface area contributed by atoms with E-state index in [2.05, 4.69) is 10.6 Å². The monoisotopic (exact) mass is 176 g/mol. The third-order valence-electron chi connectivity index (χ3n) is 1.24. The molecule has 0 fully saturated rings. The number of nitrogens with two attached hydrogens (primary N) is 1. The largest absolute Gasteiger partial charge is 0.329 e. The molecule has 5 heteroatoms. The van der Waals surface area contributed by atoms with Crippen LogP contribution in [0.5, 0.6) is 0 Å².